The first kappa shape index (κ1) is 21.7. The van der Waals surface area contributed by atoms with Gasteiger partial charge in [0.2, 0.25) is 0 Å². The second kappa shape index (κ2) is 7.25. The van der Waals surface area contributed by atoms with E-state index in [0.29, 0.717) is 11.8 Å². The molecule has 4 heteroatoms. The van der Waals surface area contributed by atoms with Crippen molar-refractivity contribution < 1.29 is 18.7 Å². The van der Waals surface area contributed by atoms with E-state index in [1.165, 1.54) is 13.5 Å². The summed E-state index contributed by atoms with van der Waals surface area (Å²) in [5.74, 6) is 1.70. The molecule has 6 atom stereocenters. The maximum absolute atomic E-state index is 12.8. The first-order chi connectivity index (χ1) is 14.1. The third-order valence-corrected chi connectivity index (χ3v) is 8.98. The summed E-state index contributed by atoms with van der Waals surface area (Å²) in [4.78, 5) is 12.8. The Bertz CT molecular complexity index is 840. The first-order valence-electron chi connectivity index (χ1n) is 11.6. The molecule has 3 fully saturated rings. The van der Waals surface area contributed by atoms with Crippen molar-refractivity contribution in [1.29, 1.82) is 0 Å². The normalized spacial score (nSPS) is 43.8. The smallest absolute Gasteiger partial charge is 0.311 e. The number of aryl methyl sites for hydroxylation is 1. The minimum atomic E-state index is -0.374. The van der Waals surface area contributed by atoms with Crippen LogP contribution >= 0.6 is 0 Å². The van der Waals surface area contributed by atoms with E-state index in [1.54, 1.807) is 6.26 Å². The molecule has 4 nitrogen and oxygen atoms in total. The molecule has 0 bridgehead atoms. The highest BCUT2D eigenvalue weighted by atomic mass is 16.5. The van der Waals surface area contributed by atoms with Crippen LogP contribution in [0.15, 0.2) is 22.8 Å². The van der Waals surface area contributed by atoms with Crippen molar-refractivity contribution >= 4 is 12.0 Å². The van der Waals surface area contributed by atoms with Gasteiger partial charge in [-0.05, 0) is 107 Å². The average Bonchev–Trinajstić information content (AvgIpc) is 3.09. The van der Waals surface area contributed by atoms with Crippen LogP contribution in [0.5, 0.6) is 0 Å². The van der Waals surface area contributed by atoms with Crippen LogP contribution in [0.4, 0.5) is 0 Å². The molecule has 1 aromatic heterocycles. The molecule has 0 spiro atoms. The van der Waals surface area contributed by atoms with Gasteiger partial charge in [0.05, 0.1) is 30.0 Å². The Morgan fingerprint density at radius 1 is 1.10 bits per heavy atom. The van der Waals surface area contributed by atoms with Crippen LogP contribution in [0.25, 0.3) is 6.08 Å². The molecule has 0 radical (unpaired) electrons. The maximum atomic E-state index is 12.8. The molecule has 30 heavy (non-hydrogen) atoms. The van der Waals surface area contributed by atoms with Gasteiger partial charge in [-0.1, -0.05) is 13.3 Å². The Kier molecular flexibility index (Phi) is 5.24. The topological polar surface area (TPSA) is 48.7 Å². The fourth-order valence-electron chi connectivity index (χ4n) is 7.45. The molecular weight excluding hydrogens is 376 g/mol. The number of rotatable bonds is 3. The monoisotopic (exact) mass is 414 g/mol. The van der Waals surface area contributed by atoms with Gasteiger partial charge in [-0.3, -0.25) is 4.79 Å². The second-order valence-electron chi connectivity index (χ2n) is 11.0. The van der Waals surface area contributed by atoms with Crippen molar-refractivity contribution in [2.45, 2.75) is 90.8 Å². The van der Waals surface area contributed by atoms with Gasteiger partial charge in [0, 0.05) is 0 Å². The van der Waals surface area contributed by atoms with Gasteiger partial charge >= 0.3 is 5.97 Å². The zero-order chi connectivity index (χ0) is 21.8. The molecule has 2 aliphatic carbocycles. The van der Waals surface area contributed by atoms with Crippen LogP contribution in [0.1, 0.15) is 84.0 Å². The molecular formula is C26H38O4. The highest BCUT2D eigenvalue weighted by Gasteiger charge is 2.64. The fourth-order valence-corrected chi connectivity index (χ4v) is 7.45. The fraction of sp³-hybridized carbons (Fsp3) is 0.731. The van der Waals surface area contributed by atoms with Gasteiger partial charge in [-0.15, -0.1) is 0 Å². The minimum absolute atomic E-state index is 0.0275. The van der Waals surface area contributed by atoms with E-state index in [1.807, 2.05) is 6.07 Å². The molecule has 4 rings (SSSR count). The molecule has 2 saturated carbocycles. The van der Waals surface area contributed by atoms with E-state index in [2.05, 4.69) is 46.8 Å². The lowest BCUT2D eigenvalue weighted by Crippen LogP contribution is -2.63. The Labute approximate surface area is 181 Å². The minimum Gasteiger partial charge on any atom is -0.469 e. The number of methoxy groups -OCH3 is 1. The van der Waals surface area contributed by atoms with Gasteiger partial charge in [-0.25, -0.2) is 0 Å². The zero-order valence-electron chi connectivity index (χ0n) is 19.5. The van der Waals surface area contributed by atoms with Gasteiger partial charge in [0.25, 0.3) is 0 Å². The number of hydrogen-bond acceptors (Lipinski definition) is 4. The molecule has 1 aliphatic heterocycles. The van der Waals surface area contributed by atoms with E-state index in [4.69, 9.17) is 13.9 Å². The van der Waals surface area contributed by atoms with Crippen LogP contribution in [-0.4, -0.2) is 24.3 Å². The van der Waals surface area contributed by atoms with E-state index in [9.17, 15) is 4.79 Å². The van der Waals surface area contributed by atoms with Crippen LogP contribution in [0.2, 0.25) is 0 Å². The highest BCUT2D eigenvalue weighted by molar-refractivity contribution is 5.77. The molecule has 1 aromatic rings. The van der Waals surface area contributed by atoms with Gasteiger partial charge in [0.15, 0.2) is 0 Å². The van der Waals surface area contributed by atoms with Crippen molar-refractivity contribution in [2.75, 3.05) is 7.11 Å². The van der Waals surface area contributed by atoms with Crippen LogP contribution in [0.3, 0.4) is 0 Å². The summed E-state index contributed by atoms with van der Waals surface area (Å²) in [6.45, 7) is 11.2. The highest BCUT2D eigenvalue weighted by Crippen LogP contribution is 2.65. The molecule has 3 aliphatic rings. The second-order valence-corrected chi connectivity index (χ2v) is 11.0. The summed E-state index contributed by atoms with van der Waals surface area (Å²) in [6, 6.07) is 1.99. The van der Waals surface area contributed by atoms with Gasteiger partial charge < -0.3 is 13.9 Å². The lowest BCUT2D eigenvalue weighted by Gasteiger charge is -2.64. The largest absolute Gasteiger partial charge is 0.469 e. The van der Waals surface area contributed by atoms with Crippen molar-refractivity contribution in [1.82, 2.24) is 0 Å². The summed E-state index contributed by atoms with van der Waals surface area (Å²) >= 11 is 0. The summed E-state index contributed by atoms with van der Waals surface area (Å²) in [5, 5.41) is 0. The lowest BCUT2D eigenvalue weighted by molar-refractivity contribution is -0.254. The summed E-state index contributed by atoms with van der Waals surface area (Å²) in [5.41, 5.74) is 0.410. The number of ether oxygens (including phenoxy) is 2. The van der Waals surface area contributed by atoms with Crippen molar-refractivity contribution in [2.24, 2.45) is 22.7 Å². The summed E-state index contributed by atoms with van der Waals surface area (Å²) < 4.78 is 17.8. The standard InChI is InChI=1S/C26H38O4/c1-18-11-17-29-19(18)8-14-23(2)15-9-21-24(3)12-7-13-25(4,22(27)28-6)20(24)10-16-26(21,5)30-23/h8,11,14,17,20-21H,7,9-10,12-13,15-16H2,1-6H3/b14-8+/t20-,21-,23?,24+,25-,26-/m1/s1. The van der Waals surface area contributed by atoms with Crippen LogP contribution in [-0.2, 0) is 14.3 Å². The van der Waals surface area contributed by atoms with E-state index >= 15 is 0 Å². The predicted molar refractivity (Wildman–Crippen MR) is 118 cm³/mol. The number of carbonyl (C=O) groups excluding carboxylic acids is 1. The Balaban J connectivity index is 1.60. The molecule has 0 N–H and O–H groups in total. The number of fused-ring (bicyclic) bond motifs is 3. The first-order valence-corrected chi connectivity index (χ1v) is 11.6. The predicted octanol–water partition coefficient (Wildman–Crippen LogP) is 6.32. The number of furan rings is 1. The third kappa shape index (κ3) is 3.26. The molecule has 2 heterocycles. The van der Waals surface area contributed by atoms with Crippen molar-refractivity contribution in [3.63, 3.8) is 0 Å². The number of esters is 1. The average molecular weight is 415 g/mol. The third-order valence-electron chi connectivity index (χ3n) is 8.98. The Morgan fingerprint density at radius 3 is 2.50 bits per heavy atom. The van der Waals surface area contributed by atoms with Crippen LogP contribution < -0.4 is 0 Å². The molecule has 0 amide bonds. The van der Waals surface area contributed by atoms with E-state index in [-0.39, 0.29) is 28.0 Å². The SMILES string of the molecule is COC(=O)[C@]1(C)CCC[C@]2(C)[C@H]3CCC(C)(/C=C/c4occc4C)O[C@]3(C)CC[C@H]21. The van der Waals surface area contributed by atoms with Crippen LogP contribution in [0, 0.1) is 29.6 Å². The van der Waals surface area contributed by atoms with E-state index in [0.717, 1.165) is 49.8 Å². The Hall–Kier alpha value is -1.55. The molecule has 1 unspecified atom stereocenters. The quantitative estimate of drug-likeness (QED) is 0.543. The van der Waals surface area contributed by atoms with Crippen molar-refractivity contribution in [3.05, 3.63) is 29.7 Å². The van der Waals surface area contributed by atoms with Gasteiger partial charge in [0.1, 0.15) is 5.76 Å². The molecule has 1 saturated heterocycles. The molecule has 0 aromatic carbocycles. The number of hydrogen-bond donors (Lipinski definition) is 0. The summed E-state index contributed by atoms with van der Waals surface area (Å²) in [6.07, 6.45) is 13.3. The lowest BCUT2D eigenvalue weighted by atomic mass is 9.44. The molecule has 166 valence electrons. The number of carbonyl (C=O) groups is 1. The Morgan fingerprint density at radius 2 is 1.83 bits per heavy atom. The van der Waals surface area contributed by atoms with E-state index < -0.39 is 0 Å². The van der Waals surface area contributed by atoms with Crippen molar-refractivity contribution in [3.8, 4) is 0 Å². The summed E-state index contributed by atoms with van der Waals surface area (Å²) in [7, 11) is 1.54. The van der Waals surface area contributed by atoms with Gasteiger partial charge in [-0.2, -0.15) is 0 Å². The maximum Gasteiger partial charge on any atom is 0.311 e. The zero-order valence-corrected chi connectivity index (χ0v) is 19.5.